The molecule has 0 atom stereocenters. The Labute approximate surface area is 197 Å². The van der Waals surface area contributed by atoms with E-state index in [4.69, 9.17) is 11.6 Å². The second-order valence-corrected chi connectivity index (χ2v) is 10.0. The molecule has 0 fully saturated rings. The standard InChI is InChI=1S/C25H21ClN2O4S/c1-16-3-7-19(8-4-16)23-17(2)25(30)28(33(23,31)32)15-18-5-9-20(10-6-18)24(29)27-22-13-11-21(26)12-14-22/h3-14H,15H2,1-2H3,(H,27,29). The number of halogens is 1. The predicted molar refractivity (Wildman–Crippen MR) is 129 cm³/mol. The van der Waals surface area contributed by atoms with Crippen molar-refractivity contribution in [2.75, 3.05) is 5.32 Å². The van der Waals surface area contributed by atoms with Crippen LogP contribution in [0.25, 0.3) is 4.91 Å². The third-order valence-electron chi connectivity index (χ3n) is 5.39. The second kappa shape index (κ2) is 8.84. The first-order valence-electron chi connectivity index (χ1n) is 10.2. The summed E-state index contributed by atoms with van der Waals surface area (Å²) < 4.78 is 27.2. The smallest absolute Gasteiger partial charge is 0.268 e. The SMILES string of the molecule is CC1=C(c2ccc(C)cc2)S(=O)(=O)N(Cc2ccc(C(=O)Nc3ccc(Cl)cc3)cc2)C1=O. The molecule has 6 nitrogen and oxygen atoms in total. The van der Waals surface area contributed by atoms with Crippen molar-refractivity contribution in [1.82, 2.24) is 4.31 Å². The molecule has 4 rings (SSSR count). The minimum absolute atomic E-state index is 0.0338. The number of aryl methyl sites for hydroxylation is 1. The number of nitrogens with zero attached hydrogens (tertiary/aromatic N) is 1. The molecular weight excluding hydrogens is 460 g/mol. The topological polar surface area (TPSA) is 83.6 Å². The van der Waals surface area contributed by atoms with Crippen molar-refractivity contribution in [2.24, 2.45) is 0 Å². The summed E-state index contributed by atoms with van der Waals surface area (Å²) in [5.41, 5.74) is 3.27. The molecule has 1 N–H and O–H groups in total. The maximum Gasteiger partial charge on any atom is 0.268 e. The number of amides is 2. The molecule has 2 amide bonds. The lowest BCUT2D eigenvalue weighted by molar-refractivity contribution is -0.122. The number of sulfonamides is 1. The molecule has 33 heavy (non-hydrogen) atoms. The molecule has 0 unspecified atom stereocenters. The summed E-state index contributed by atoms with van der Waals surface area (Å²) >= 11 is 5.86. The fraction of sp³-hybridized carbons (Fsp3) is 0.120. The van der Waals surface area contributed by atoms with Crippen LogP contribution in [0.15, 0.2) is 78.4 Å². The van der Waals surface area contributed by atoms with Gasteiger partial charge in [0.05, 0.1) is 6.54 Å². The van der Waals surface area contributed by atoms with Gasteiger partial charge in [0, 0.05) is 21.8 Å². The molecule has 0 bridgehead atoms. The van der Waals surface area contributed by atoms with E-state index in [9.17, 15) is 18.0 Å². The van der Waals surface area contributed by atoms with Crippen LogP contribution in [0.1, 0.15) is 34.0 Å². The summed E-state index contributed by atoms with van der Waals surface area (Å²) in [5.74, 6) is -0.858. The van der Waals surface area contributed by atoms with E-state index in [-0.39, 0.29) is 22.9 Å². The first-order valence-corrected chi connectivity index (χ1v) is 12.0. The highest BCUT2D eigenvalue weighted by Gasteiger charge is 2.42. The van der Waals surface area contributed by atoms with E-state index < -0.39 is 15.9 Å². The van der Waals surface area contributed by atoms with Gasteiger partial charge in [-0.1, -0.05) is 53.6 Å². The van der Waals surface area contributed by atoms with E-state index >= 15 is 0 Å². The van der Waals surface area contributed by atoms with E-state index in [2.05, 4.69) is 5.32 Å². The van der Waals surface area contributed by atoms with Gasteiger partial charge in [-0.25, -0.2) is 12.7 Å². The van der Waals surface area contributed by atoms with Crippen molar-refractivity contribution in [2.45, 2.75) is 20.4 Å². The van der Waals surface area contributed by atoms with Gasteiger partial charge in [-0.3, -0.25) is 9.59 Å². The van der Waals surface area contributed by atoms with Crippen LogP contribution in [0.3, 0.4) is 0 Å². The lowest BCUT2D eigenvalue weighted by atomic mass is 10.1. The molecule has 3 aromatic rings. The van der Waals surface area contributed by atoms with Crippen LogP contribution in [0.4, 0.5) is 5.69 Å². The highest BCUT2D eigenvalue weighted by molar-refractivity contribution is 7.99. The van der Waals surface area contributed by atoms with Crippen LogP contribution in [0.5, 0.6) is 0 Å². The van der Waals surface area contributed by atoms with Crippen LogP contribution < -0.4 is 5.32 Å². The molecule has 0 saturated carbocycles. The molecule has 3 aromatic carbocycles. The Morgan fingerprint density at radius 3 is 2.12 bits per heavy atom. The summed E-state index contributed by atoms with van der Waals surface area (Å²) in [6.07, 6.45) is 0. The third kappa shape index (κ3) is 4.55. The summed E-state index contributed by atoms with van der Waals surface area (Å²) in [7, 11) is -3.99. The minimum Gasteiger partial charge on any atom is -0.322 e. The quantitative estimate of drug-likeness (QED) is 0.556. The van der Waals surface area contributed by atoms with Gasteiger partial charge in [0.1, 0.15) is 4.91 Å². The lowest BCUT2D eigenvalue weighted by Gasteiger charge is -2.17. The number of nitrogens with one attached hydrogen (secondary N) is 1. The molecule has 0 aliphatic carbocycles. The fourth-order valence-electron chi connectivity index (χ4n) is 3.59. The van der Waals surface area contributed by atoms with Crippen LogP contribution in [0.2, 0.25) is 5.02 Å². The van der Waals surface area contributed by atoms with E-state index in [1.165, 1.54) is 6.92 Å². The normalized spacial score (nSPS) is 15.1. The number of rotatable bonds is 5. The summed E-state index contributed by atoms with van der Waals surface area (Å²) in [6, 6.07) is 20.2. The maximum atomic E-state index is 13.2. The van der Waals surface area contributed by atoms with Crippen molar-refractivity contribution >= 4 is 44.0 Å². The van der Waals surface area contributed by atoms with Gasteiger partial charge in [-0.15, -0.1) is 0 Å². The number of benzene rings is 3. The molecule has 168 valence electrons. The van der Waals surface area contributed by atoms with Gasteiger partial charge >= 0.3 is 0 Å². The summed E-state index contributed by atoms with van der Waals surface area (Å²) in [5, 5.41) is 3.34. The number of carbonyl (C=O) groups excluding carboxylic acids is 2. The third-order valence-corrected chi connectivity index (χ3v) is 7.58. The van der Waals surface area contributed by atoms with E-state index in [0.717, 1.165) is 9.87 Å². The van der Waals surface area contributed by atoms with Crippen LogP contribution in [-0.4, -0.2) is 24.5 Å². The van der Waals surface area contributed by atoms with Crippen LogP contribution in [-0.2, 0) is 21.4 Å². The van der Waals surface area contributed by atoms with Crippen molar-refractivity contribution < 1.29 is 18.0 Å². The zero-order chi connectivity index (χ0) is 23.8. The zero-order valence-corrected chi connectivity index (χ0v) is 19.6. The van der Waals surface area contributed by atoms with Gasteiger partial charge < -0.3 is 5.32 Å². The van der Waals surface area contributed by atoms with Crippen LogP contribution >= 0.6 is 11.6 Å². The fourth-order valence-corrected chi connectivity index (χ4v) is 5.52. The maximum absolute atomic E-state index is 13.2. The molecule has 1 heterocycles. The summed E-state index contributed by atoms with van der Waals surface area (Å²) in [4.78, 5) is 25.3. The largest absolute Gasteiger partial charge is 0.322 e. The Kier molecular flexibility index (Phi) is 6.10. The Morgan fingerprint density at radius 2 is 1.52 bits per heavy atom. The van der Waals surface area contributed by atoms with Gasteiger partial charge in [0.25, 0.3) is 21.8 Å². The first kappa shape index (κ1) is 22.8. The molecule has 1 aliphatic rings. The number of anilines is 1. The molecule has 0 saturated heterocycles. The van der Waals surface area contributed by atoms with E-state index in [1.54, 1.807) is 60.7 Å². The van der Waals surface area contributed by atoms with Gasteiger partial charge in [-0.05, 0) is 61.4 Å². The van der Waals surface area contributed by atoms with Crippen molar-refractivity contribution in [3.63, 3.8) is 0 Å². The second-order valence-electron chi connectivity index (χ2n) is 7.79. The summed E-state index contributed by atoms with van der Waals surface area (Å²) in [6.45, 7) is 3.32. The van der Waals surface area contributed by atoms with Crippen LogP contribution in [0, 0.1) is 6.92 Å². The predicted octanol–water partition coefficient (Wildman–Crippen LogP) is 5.00. The molecular formula is C25H21ClN2O4S. The molecule has 0 radical (unpaired) electrons. The van der Waals surface area contributed by atoms with E-state index in [0.29, 0.717) is 27.4 Å². The first-order chi connectivity index (χ1) is 15.7. The highest BCUT2D eigenvalue weighted by atomic mass is 35.5. The van der Waals surface area contributed by atoms with Crippen molar-refractivity contribution in [3.05, 3.63) is 106 Å². The van der Waals surface area contributed by atoms with Gasteiger partial charge in [0.15, 0.2) is 0 Å². The molecule has 0 spiro atoms. The molecule has 0 aromatic heterocycles. The van der Waals surface area contributed by atoms with Crippen molar-refractivity contribution in [3.8, 4) is 0 Å². The average molecular weight is 481 g/mol. The minimum atomic E-state index is -3.99. The number of hydrogen-bond donors (Lipinski definition) is 1. The average Bonchev–Trinajstić information content (AvgIpc) is 2.96. The Bertz CT molecular complexity index is 1360. The zero-order valence-electron chi connectivity index (χ0n) is 18.0. The Hall–Kier alpha value is -3.42. The Morgan fingerprint density at radius 1 is 0.909 bits per heavy atom. The van der Waals surface area contributed by atoms with Gasteiger partial charge in [-0.2, -0.15) is 0 Å². The monoisotopic (exact) mass is 480 g/mol. The number of hydrogen-bond acceptors (Lipinski definition) is 4. The van der Waals surface area contributed by atoms with Gasteiger partial charge in [0.2, 0.25) is 0 Å². The van der Waals surface area contributed by atoms with Crippen molar-refractivity contribution in [1.29, 1.82) is 0 Å². The van der Waals surface area contributed by atoms with E-state index in [1.807, 2.05) is 19.1 Å². The highest BCUT2D eigenvalue weighted by Crippen LogP contribution is 2.36. The lowest BCUT2D eigenvalue weighted by Crippen LogP contribution is -2.30. The number of carbonyl (C=O) groups is 2. The molecule has 8 heteroatoms. The Balaban J connectivity index is 1.51. The molecule has 1 aliphatic heterocycles.